The Morgan fingerprint density at radius 2 is 2.24 bits per heavy atom. The average Bonchev–Trinajstić information content (AvgIpc) is 2.54. The number of pyridine rings is 1. The average molecular weight is 286 g/mol. The third kappa shape index (κ3) is 3.17. The summed E-state index contributed by atoms with van der Waals surface area (Å²) in [6.45, 7) is 2.63. The van der Waals surface area contributed by atoms with E-state index in [1.54, 1.807) is 0 Å². The Kier molecular flexibility index (Phi) is 4.36. The first-order chi connectivity index (χ1) is 10.3. The van der Waals surface area contributed by atoms with E-state index in [1.807, 2.05) is 18.2 Å². The van der Waals surface area contributed by atoms with E-state index in [9.17, 15) is 5.11 Å². The van der Waals surface area contributed by atoms with Crippen LogP contribution in [-0.2, 0) is 11.3 Å². The van der Waals surface area contributed by atoms with Crippen molar-refractivity contribution in [1.82, 2.24) is 4.98 Å². The van der Waals surface area contributed by atoms with Crippen molar-refractivity contribution in [3.63, 3.8) is 0 Å². The minimum Gasteiger partial charge on any atom is -0.390 e. The predicted octanol–water partition coefficient (Wildman–Crippen LogP) is 2.59. The third-order valence-corrected chi connectivity index (χ3v) is 4.08. The molecule has 1 atom stereocenters. The summed E-state index contributed by atoms with van der Waals surface area (Å²) < 4.78 is 5.56. The predicted molar refractivity (Wildman–Crippen MR) is 84.5 cm³/mol. The second-order valence-electron chi connectivity index (χ2n) is 5.78. The van der Waals surface area contributed by atoms with Crippen LogP contribution in [0.2, 0.25) is 0 Å². The van der Waals surface area contributed by atoms with Crippen molar-refractivity contribution in [2.45, 2.75) is 19.4 Å². The Hall–Kier alpha value is -1.65. The van der Waals surface area contributed by atoms with Gasteiger partial charge < -0.3 is 14.7 Å². The quantitative estimate of drug-likeness (QED) is 0.938. The molecule has 4 nitrogen and oxygen atoms in total. The van der Waals surface area contributed by atoms with Gasteiger partial charge in [0.25, 0.3) is 0 Å². The van der Waals surface area contributed by atoms with Crippen LogP contribution in [0.5, 0.6) is 0 Å². The Bertz CT molecular complexity index is 609. The molecule has 1 unspecified atom stereocenters. The summed E-state index contributed by atoms with van der Waals surface area (Å²) in [5.74, 6) is 1.50. The molecule has 2 heterocycles. The molecule has 2 aromatic rings. The molecule has 0 saturated carbocycles. The number of ether oxygens (including phenoxy) is 1. The van der Waals surface area contributed by atoms with Gasteiger partial charge in [-0.25, -0.2) is 4.98 Å². The van der Waals surface area contributed by atoms with Crippen molar-refractivity contribution in [2.75, 3.05) is 31.7 Å². The van der Waals surface area contributed by atoms with Gasteiger partial charge in [-0.15, -0.1) is 0 Å². The number of benzene rings is 1. The van der Waals surface area contributed by atoms with E-state index in [-0.39, 0.29) is 6.61 Å². The fraction of sp³-hybridized carbons (Fsp3) is 0.471. The summed E-state index contributed by atoms with van der Waals surface area (Å²) in [5.41, 5.74) is 0.718. The third-order valence-electron chi connectivity index (χ3n) is 4.08. The van der Waals surface area contributed by atoms with Crippen LogP contribution in [0.3, 0.4) is 0 Å². The van der Waals surface area contributed by atoms with Crippen LogP contribution in [0.25, 0.3) is 10.8 Å². The zero-order chi connectivity index (χ0) is 14.7. The first kappa shape index (κ1) is 14.3. The lowest BCUT2D eigenvalue weighted by Crippen LogP contribution is -2.31. The number of hydrogen-bond acceptors (Lipinski definition) is 4. The molecule has 0 radical (unpaired) electrons. The van der Waals surface area contributed by atoms with Gasteiger partial charge in [-0.05, 0) is 30.2 Å². The Labute approximate surface area is 125 Å². The Balaban J connectivity index is 1.90. The molecule has 21 heavy (non-hydrogen) atoms. The normalized spacial score (nSPS) is 18.9. The lowest BCUT2D eigenvalue weighted by atomic mass is 10.0. The molecular formula is C17H22N2O2. The highest BCUT2D eigenvalue weighted by Gasteiger charge is 2.18. The fourth-order valence-electron chi connectivity index (χ4n) is 3.03. The maximum Gasteiger partial charge on any atom is 0.136 e. The first-order valence-corrected chi connectivity index (χ1v) is 7.56. The molecular weight excluding hydrogens is 264 g/mol. The molecule has 0 aliphatic carbocycles. The SMILES string of the molecule is CN(CC1CCCOC1)c1nc(CO)cc2ccccc12. The van der Waals surface area contributed by atoms with E-state index in [1.165, 1.54) is 6.42 Å². The monoisotopic (exact) mass is 286 g/mol. The van der Waals surface area contributed by atoms with Crippen molar-refractivity contribution in [3.8, 4) is 0 Å². The Morgan fingerprint density at radius 3 is 3.00 bits per heavy atom. The molecule has 1 aromatic carbocycles. The van der Waals surface area contributed by atoms with Crippen molar-refractivity contribution >= 4 is 16.6 Å². The van der Waals surface area contributed by atoms with Crippen LogP contribution in [0.4, 0.5) is 5.82 Å². The molecule has 4 heteroatoms. The van der Waals surface area contributed by atoms with E-state index in [2.05, 4.69) is 29.1 Å². The zero-order valence-corrected chi connectivity index (χ0v) is 12.5. The van der Waals surface area contributed by atoms with Gasteiger partial charge in [0.05, 0.1) is 18.9 Å². The number of nitrogens with zero attached hydrogens (tertiary/aromatic N) is 2. The summed E-state index contributed by atoms with van der Waals surface area (Å²) in [6.07, 6.45) is 2.35. The van der Waals surface area contributed by atoms with Crippen LogP contribution >= 0.6 is 0 Å². The summed E-state index contributed by atoms with van der Waals surface area (Å²) in [6, 6.07) is 10.2. The smallest absolute Gasteiger partial charge is 0.136 e. The molecule has 3 rings (SSSR count). The lowest BCUT2D eigenvalue weighted by Gasteiger charge is -2.28. The van der Waals surface area contributed by atoms with Crippen LogP contribution in [0.15, 0.2) is 30.3 Å². The van der Waals surface area contributed by atoms with E-state index in [0.29, 0.717) is 5.92 Å². The zero-order valence-electron chi connectivity index (χ0n) is 12.5. The minimum absolute atomic E-state index is 0.0295. The number of aromatic nitrogens is 1. The number of hydrogen-bond donors (Lipinski definition) is 1. The molecule has 1 aliphatic rings. The van der Waals surface area contributed by atoms with Gasteiger partial charge in [0, 0.05) is 25.6 Å². The number of rotatable bonds is 4. The van der Waals surface area contributed by atoms with Crippen LogP contribution in [0.1, 0.15) is 18.5 Å². The number of aliphatic hydroxyl groups excluding tert-OH is 1. The second kappa shape index (κ2) is 6.41. The van der Waals surface area contributed by atoms with Gasteiger partial charge in [0.2, 0.25) is 0 Å². The number of fused-ring (bicyclic) bond motifs is 1. The maximum atomic E-state index is 9.42. The highest BCUT2D eigenvalue weighted by molar-refractivity contribution is 5.92. The molecule has 0 amide bonds. The minimum atomic E-state index is -0.0295. The van der Waals surface area contributed by atoms with E-state index < -0.39 is 0 Å². The van der Waals surface area contributed by atoms with E-state index >= 15 is 0 Å². The van der Waals surface area contributed by atoms with Crippen molar-refractivity contribution < 1.29 is 9.84 Å². The van der Waals surface area contributed by atoms with Crippen molar-refractivity contribution in [2.24, 2.45) is 5.92 Å². The second-order valence-corrected chi connectivity index (χ2v) is 5.78. The number of aliphatic hydroxyl groups is 1. The van der Waals surface area contributed by atoms with Crippen LogP contribution in [-0.4, -0.2) is 36.9 Å². The van der Waals surface area contributed by atoms with Crippen LogP contribution < -0.4 is 4.90 Å². The topological polar surface area (TPSA) is 45.6 Å². The molecule has 1 saturated heterocycles. The van der Waals surface area contributed by atoms with Gasteiger partial charge in [0.15, 0.2) is 0 Å². The number of anilines is 1. The van der Waals surface area contributed by atoms with E-state index in [0.717, 1.165) is 48.5 Å². The van der Waals surface area contributed by atoms with E-state index in [4.69, 9.17) is 4.74 Å². The summed E-state index contributed by atoms with van der Waals surface area (Å²) in [7, 11) is 2.07. The molecule has 0 bridgehead atoms. The maximum absolute atomic E-state index is 9.42. The lowest BCUT2D eigenvalue weighted by molar-refractivity contribution is 0.0576. The van der Waals surface area contributed by atoms with Crippen molar-refractivity contribution in [3.05, 3.63) is 36.0 Å². The summed E-state index contributed by atoms with van der Waals surface area (Å²) >= 11 is 0. The van der Waals surface area contributed by atoms with Crippen molar-refractivity contribution in [1.29, 1.82) is 0 Å². The molecule has 0 spiro atoms. The summed E-state index contributed by atoms with van der Waals surface area (Å²) in [5, 5.41) is 11.7. The molecule has 1 aliphatic heterocycles. The highest BCUT2D eigenvalue weighted by Crippen LogP contribution is 2.26. The molecule has 1 N–H and O–H groups in total. The van der Waals surface area contributed by atoms with Gasteiger partial charge in [-0.2, -0.15) is 0 Å². The molecule has 112 valence electrons. The Morgan fingerprint density at radius 1 is 1.38 bits per heavy atom. The van der Waals surface area contributed by atoms with Crippen LogP contribution in [0, 0.1) is 5.92 Å². The molecule has 1 fully saturated rings. The van der Waals surface area contributed by atoms with Gasteiger partial charge in [0.1, 0.15) is 5.82 Å². The van der Waals surface area contributed by atoms with Gasteiger partial charge in [-0.3, -0.25) is 0 Å². The van der Waals surface area contributed by atoms with Gasteiger partial charge >= 0.3 is 0 Å². The van der Waals surface area contributed by atoms with Gasteiger partial charge in [-0.1, -0.05) is 24.3 Å². The molecule has 1 aromatic heterocycles. The summed E-state index contributed by atoms with van der Waals surface area (Å²) in [4.78, 5) is 6.82. The fourth-order valence-corrected chi connectivity index (χ4v) is 3.03. The highest BCUT2D eigenvalue weighted by atomic mass is 16.5. The largest absolute Gasteiger partial charge is 0.390 e. The standard InChI is InChI=1S/C17H22N2O2/c1-19(10-13-5-4-8-21-12-13)17-16-7-3-2-6-14(16)9-15(11-20)18-17/h2-3,6-7,9,13,20H,4-5,8,10-12H2,1H3. The first-order valence-electron chi connectivity index (χ1n) is 7.56.